The number of ether oxygens (including phenoxy) is 2. The van der Waals surface area contributed by atoms with E-state index in [0.717, 1.165) is 12.0 Å². The number of ketones is 1. The van der Waals surface area contributed by atoms with E-state index in [1.54, 1.807) is 6.08 Å². The number of rotatable bonds is 6. The number of hydrogen-bond donors (Lipinski definition) is 0. The van der Waals surface area contributed by atoms with Crippen molar-refractivity contribution in [1.82, 2.24) is 0 Å². The van der Waals surface area contributed by atoms with E-state index in [1.165, 1.54) is 0 Å². The van der Waals surface area contributed by atoms with E-state index in [-0.39, 0.29) is 18.0 Å². The van der Waals surface area contributed by atoms with Gasteiger partial charge in [-0.1, -0.05) is 78.9 Å². The fourth-order valence-electron chi connectivity index (χ4n) is 3.22. The lowest BCUT2D eigenvalue weighted by atomic mass is 10.0. The van der Waals surface area contributed by atoms with Gasteiger partial charge in [-0.2, -0.15) is 0 Å². The number of allylic oxidation sites excluding steroid dienone is 1. The van der Waals surface area contributed by atoms with Crippen LogP contribution in [0, 0.1) is 0 Å². The normalized spacial score (nSPS) is 22.3. The zero-order chi connectivity index (χ0) is 19.1. The lowest BCUT2D eigenvalue weighted by Gasteiger charge is -2.39. The molecule has 1 saturated heterocycles. The van der Waals surface area contributed by atoms with Crippen LogP contribution in [0.25, 0.3) is 6.08 Å². The van der Waals surface area contributed by atoms with Gasteiger partial charge in [0.25, 0.3) is 0 Å². The molecule has 0 spiro atoms. The van der Waals surface area contributed by atoms with Crippen LogP contribution in [0.15, 0.2) is 78.9 Å². The van der Waals surface area contributed by atoms with Crippen LogP contribution in [-0.4, -0.2) is 23.8 Å². The summed E-state index contributed by atoms with van der Waals surface area (Å²) in [6.45, 7) is 3.86. The Kier molecular flexibility index (Phi) is 6.38. The Balaban J connectivity index is 1.59. The van der Waals surface area contributed by atoms with Crippen LogP contribution in [0.5, 0.6) is 0 Å². The minimum Gasteiger partial charge on any atom is -0.347 e. The molecule has 0 amide bonds. The summed E-state index contributed by atoms with van der Waals surface area (Å²) in [6, 6.07) is 19.5. The lowest BCUT2D eigenvalue weighted by molar-refractivity contribution is -0.289. The number of carbonyl (C=O) groups excluding carboxylic acids is 1. The Hall–Kier alpha value is -2.49. The molecule has 1 heterocycles. The van der Waals surface area contributed by atoms with Crippen LogP contribution in [0.1, 0.15) is 42.6 Å². The number of hydrogen-bond acceptors (Lipinski definition) is 3. The molecular weight excluding hydrogens is 336 g/mol. The third kappa shape index (κ3) is 6.02. The van der Waals surface area contributed by atoms with Gasteiger partial charge in [0.15, 0.2) is 11.6 Å². The second-order valence-electron chi connectivity index (χ2n) is 7.17. The van der Waals surface area contributed by atoms with Crippen molar-refractivity contribution in [2.24, 2.45) is 0 Å². The van der Waals surface area contributed by atoms with Gasteiger partial charge in [0.2, 0.25) is 0 Å². The molecule has 0 N–H and O–H groups in total. The fourth-order valence-corrected chi connectivity index (χ4v) is 3.22. The highest BCUT2D eigenvalue weighted by Gasteiger charge is 2.33. The Morgan fingerprint density at radius 2 is 1.70 bits per heavy atom. The van der Waals surface area contributed by atoms with Crippen molar-refractivity contribution in [2.75, 3.05) is 0 Å². The molecule has 1 aliphatic heterocycles. The molecule has 2 atom stereocenters. The van der Waals surface area contributed by atoms with Crippen LogP contribution < -0.4 is 0 Å². The SMILES string of the molecule is CC1(C)O[C@@H](C/C=C/C(=O)c2ccccc2)C[C@@H](/C=C/c2ccccc2)O1. The van der Waals surface area contributed by atoms with Crippen LogP contribution in [0.4, 0.5) is 0 Å². The molecule has 140 valence electrons. The molecule has 1 aliphatic rings. The van der Waals surface area contributed by atoms with Crippen molar-refractivity contribution in [3.05, 3.63) is 90.0 Å². The van der Waals surface area contributed by atoms with Gasteiger partial charge in [0, 0.05) is 12.0 Å². The molecule has 0 saturated carbocycles. The molecule has 2 aromatic rings. The molecule has 27 heavy (non-hydrogen) atoms. The van der Waals surface area contributed by atoms with Crippen molar-refractivity contribution < 1.29 is 14.3 Å². The summed E-state index contributed by atoms with van der Waals surface area (Å²) in [5.74, 6) is -0.631. The second kappa shape index (κ2) is 8.94. The molecule has 3 heteroatoms. The largest absolute Gasteiger partial charge is 0.347 e. The molecule has 3 nitrogen and oxygen atoms in total. The van der Waals surface area contributed by atoms with E-state index in [1.807, 2.05) is 68.5 Å². The first kappa shape index (κ1) is 19.3. The van der Waals surface area contributed by atoms with Crippen molar-refractivity contribution in [2.45, 2.75) is 44.7 Å². The topological polar surface area (TPSA) is 35.5 Å². The Labute approximate surface area is 161 Å². The maximum absolute atomic E-state index is 12.2. The van der Waals surface area contributed by atoms with E-state index < -0.39 is 5.79 Å². The summed E-state index contributed by atoms with van der Waals surface area (Å²) < 4.78 is 12.0. The number of carbonyl (C=O) groups is 1. The first-order chi connectivity index (χ1) is 13.0. The van der Waals surface area contributed by atoms with Crippen LogP contribution >= 0.6 is 0 Å². The average Bonchev–Trinajstić information content (AvgIpc) is 2.67. The smallest absolute Gasteiger partial charge is 0.185 e. The summed E-state index contributed by atoms with van der Waals surface area (Å²) in [5, 5.41) is 0. The third-order valence-corrected chi connectivity index (χ3v) is 4.41. The summed E-state index contributed by atoms with van der Waals surface area (Å²) >= 11 is 0. The van der Waals surface area contributed by atoms with Gasteiger partial charge in [-0.15, -0.1) is 0 Å². The zero-order valence-corrected chi connectivity index (χ0v) is 15.9. The molecule has 0 bridgehead atoms. The van der Waals surface area contributed by atoms with E-state index in [9.17, 15) is 4.79 Å². The van der Waals surface area contributed by atoms with Crippen molar-refractivity contribution in [3.63, 3.8) is 0 Å². The molecule has 3 rings (SSSR count). The third-order valence-electron chi connectivity index (χ3n) is 4.41. The molecule has 1 fully saturated rings. The van der Waals surface area contributed by atoms with Gasteiger partial charge in [-0.3, -0.25) is 4.79 Å². The first-order valence-corrected chi connectivity index (χ1v) is 9.37. The maximum atomic E-state index is 12.2. The molecule has 0 radical (unpaired) electrons. The highest BCUT2D eigenvalue weighted by molar-refractivity contribution is 6.04. The van der Waals surface area contributed by atoms with Gasteiger partial charge >= 0.3 is 0 Å². The average molecular weight is 362 g/mol. The Bertz CT molecular complexity index is 791. The molecule has 2 aromatic carbocycles. The summed E-state index contributed by atoms with van der Waals surface area (Å²) in [4.78, 5) is 12.2. The molecular formula is C24H26O3. The minimum atomic E-state index is -0.647. The van der Waals surface area contributed by atoms with E-state index in [2.05, 4.69) is 24.3 Å². The predicted molar refractivity (Wildman–Crippen MR) is 108 cm³/mol. The summed E-state index contributed by atoms with van der Waals surface area (Å²) in [6.07, 6.45) is 9.15. The molecule has 0 unspecified atom stereocenters. The van der Waals surface area contributed by atoms with Crippen LogP contribution in [0.3, 0.4) is 0 Å². The highest BCUT2D eigenvalue weighted by Crippen LogP contribution is 2.29. The van der Waals surface area contributed by atoms with Gasteiger partial charge in [0.1, 0.15) is 0 Å². The predicted octanol–water partition coefficient (Wildman–Crippen LogP) is 5.44. The van der Waals surface area contributed by atoms with Crippen molar-refractivity contribution >= 4 is 11.9 Å². The summed E-state index contributed by atoms with van der Waals surface area (Å²) in [5.41, 5.74) is 1.85. The zero-order valence-electron chi connectivity index (χ0n) is 15.9. The quantitative estimate of drug-likeness (QED) is 0.507. The first-order valence-electron chi connectivity index (χ1n) is 9.37. The van der Waals surface area contributed by atoms with Crippen molar-refractivity contribution in [1.29, 1.82) is 0 Å². The summed E-state index contributed by atoms with van der Waals surface area (Å²) in [7, 11) is 0. The van der Waals surface area contributed by atoms with Gasteiger partial charge in [0.05, 0.1) is 12.2 Å². The van der Waals surface area contributed by atoms with E-state index >= 15 is 0 Å². The number of benzene rings is 2. The molecule has 0 aliphatic carbocycles. The maximum Gasteiger partial charge on any atom is 0.185 e. The van der Waals surface area contributed by atoms with Crippen LogP contribution in [0.2, 0.25) is 0 Å². The van der Waals surface area contributed by atoms with Crippen molar-refractivity contribution in [3.8, 4) is 0 Å². The molecule has 0 aromatic heterocycles. The van der Waals surface area contributed by atoms with Gasteiger partial charge in [-0.25, -0.2) is 0 Å². The Morgan fingerprint density at radius 3 is 2.41 bits per heavy atom. The monoisotopic (exact) mass is 362 g/mol. The van der Waals surface area contributed by atoms with E-state index in [4.69, 9.17) is 9.47 Å². The fraction of sp³-hybridized carbons (Fsp3) is 0.292. The van der Waals surface area contributed by atoms with Crippen LogP contribution in [-0.2, 0) is 9.47 Å². The highest BCUT2D eigenvalue weighted by atomic mass is 16.7. The minimum absolute atomic E-state index is 0.0130. The van der Waals surface area contributed by atoms with Gasteiger partial charge in [-0.05, 0) is 31.9 Å². The van der Waals surface area contributed by atoms with E-state index in [0.29, 0.717) is 12.0 Å². The van der Waals surface area contributed by atoms with Gasteiger partial charge < -0.3 is 9.47 Å². The lowest BCUT2D eigenvalue weighted by Crippen LogP contribution is -2.43. The standard InChI is InChI=1S/C24H26O3/c1-24(2)26-21(14-9-15-23(25)20-12-7-4-8-13-20)18-22(27-24)17-16-19-10-5-3-6-11-19/h3-13,15-17,21-22H,14,18H2,1-2H3/b15-9+,17-16+/t21-,22+/m0/s1. The second-order valence-corrected chi connectivity index (χ2v) is 7.17. The Morgan fingerprint density at radius 1 is 1.04 bits per heavy atom.